The molecule has 0 atom stereocenters. The second kappa shape index (κ2) is 3.32. The Morgan fingerprint density at radius 1 is 1.56 bits per heavy atom. The van der Waals surface area contributed by atoms with Crippen molar-refractivity contribution >= 4 is 11.7 Å². The third-order valence-electron chi connectivity index (χ3n) is 1.06. The van der Waals surface area contributed by atoms with Crippen molar-refractivity contribution in [2.75, 3.05) is 7.05 Å². The summed E-state index contributed by atoms with van der Waals surface area (Å²) in [7, 11) is 1.58. The van der Waals surface area contributed by atoms with E-state index in [1.807, 2.05) is 0 Å². The zero-order valence-electron chi connectivity index (χ0n) is 5.13. The molecule has 0 unspecified atom stereocenters. The summed E-state index contributed by atoms with van der Waals surface area (Å²) in [5.74, 6) is -0.215. The fourth-order valence-electron chi connectivity index (χ4n) is 0.607. The minimum atomic E-state index is -0.116. The van der Waals surface area contributed by atoms with Crippen LogP contribution in [0, 0.1) is 6.54 Å². The molecule has 0 saturated carbocycles. The van der Waals surface area contributed by atoms with Crippen LogP contribution in [0.3, 0.4) is 0 Å². The number of rotatable bonds is 0. The van der Waals surface area contributed by atoms with Crippen LogP contribution >= 0.6 is 0 Å². The standard InChI is InChI=1S/C5H6NO2.Y/c1-6-3-4(7)2-5(6)8;/h3H,2H2,1H3;/q-1;. The van der Waals surface area contributed by atoms with Gasteiger partial charge >= 0.3 is 0 Å². The quantitative estimate of drug-likeness (QED) is 0.394. The number of nitrogens with zero attached hydrogens (tertiary/aromatic N) is 1. The van der Waals surface area contributed by atoms with E-state index < -0.39 is 0 Å². The van der Waals surface area contributed by atoms with E-state index in [0.717, 1.165) is 0 Å². The molecule has 0 aromatic rings. The normalized spacial score (nSPS) is 17.2. The first-order valence-electron chi connectivity index (χ1n) is 2.33. The molecule has 4 heteroatoms. The van der Waals surface area contributed by atoms with E-state index in [4.69, 9.17) is 0 Å². The maximum Gasteiger partial charge on any atom is 0.201 e. The van der Waals surface area contributed by atoms with Crippen molar-refractivity contribution in [3.05, 3.63) is 6.54 Å². The van der Waals surface area contributed by atoms with E-state index >= 15 is 0 Å². The Kier molecular flexibility index (Phi) is 3.37. The number of ketones is 1. The van der Waals surface area contributed by atoms with E-state index in [-0.39, 0.29) is 50.8 Å². The topological polar surface area (TPSA) is 37.4 Å². The van der Waals surface area contributed by atoms with Crippen molar-refractivity contribution in [1.82, 2.24) is 4.90 Å². The van der Waals surface area contributed by atoms with Crippen molar-refractivity contribution in [2.45, 2.75) is 6.42 Å². The van der Waals surface area contributed by atoms with Gasteiger partial charge in [0, 0.05) is 38.5 Å². The van der Waals surface area contributed by atoms with E-state index in [1.165, 1.54) is 11.4 Å². The molecule has 0 bridgehead atoms. The number of amides is 1. The predicted molar refractivity (Wildman–Crippen MR) is 26.7 cm³/mol. The van der Waals surface area contributed by atoms with Gasteiger partial charge in [-0.3, -0.25) is 4.79 Å². The van der Waals surface area contributed by atoms with E-state index in [2.05, 4.69) is 0 Å². The first kappa shape index (κ1) is 9.11. The van der Waals surface area contributed by atoms with Gasteiger partial charge < -0.3 is 9.69 Å². The molecule has 9 heavy (non-hydrogen) atoms. The zero-order chi connectivity index (χ0) is 6.15. The van der Waals surface area contributed by atoms with E-state index in [0.29, 0.717) is 0 Å². The van der Waals surface area contributed by atoms with Gasteiger partial charge in [-0.15, -0.1) is 0 Å². The molecule has 1 radical (unpaired) electrons. The Morgan fingerprint density at radius 2 is 2.11 bits per heavy atom. The molecule has 3 nitrogen and oxygen atoms in total. The van der Waals surface area contributed by atoms with Crippen molar-refractivity contribution in [3.8, 4) is 0 Å². The number of carbonyl (C=O) groups is 2. The largest absolute Gasteiger partial charge is 0.473 e. The summed E-state index contributed by atoms with van der Waals surface area (Å²) in [5, 5.41) is 0. The molecule has 1 aliphatic rings. The van der Waals surface area contributed by atoms with Crippen molar-refractivity contribution in [3.63, 3.8) is 0 Å². The first-order valence-corrected chi connectivity index (χ1v) is 2.33. The second-order valence-corrected chi connectivity index (χ2v) is 1.78. The molecule has 1 saturated heterocycles. The summed E-state index contributed by atoms with van der Waals surface area (Å²) in [6.45, 7) is 1.31. The van der Waals surface area contributed by atoms with Crippen LogP contribution in [0.2, 0.25) is 0 Å². The van der Waals surface area contributed by atoms with Gasteiger partial charge in [-0.2, -0.15) is 0 Å². The van der Waals surface area contributed by atoms with Gasteiger partial charge in [0.25, 0.3) is 0 Å². The number of likely N-dealkylation sites (tertiary alicyclic amines) is 1. The molecule has 0 aromatic heterocycles. The van der Waals surface area contributed by atoms with Gasteiger partial charge in [0.1, 0.15) is 0 Å². The maximum atomic E-state index is 10.5. The van der Waals surface area contributed by atoms with Gasteiger partial charge in [-0.25, -0.2) is 6.54 Å². The molecule has 0 aromatic carbocycles. The number of Topliss-reactive ketones (excluding diaryl/α,β-unsaturated/α-hetero) is 1. The predicted octanol–water partition coefficient (Wildman–Crippen LogP) is -0.423. The van der Waals surface area contributed by atoms with Crippen LogP contribution in [0.1, 0.15) is 6.42 Å². The summed E-state index contributed by atoms with van der Waals surface area (Å²) < 4.78 is 0. The summed E-state index contributed by atoms with van der Waals surface area (Å²) in [6.07, 6.45) is 0.0521. The van der Waals surface area contributed by atoms with Gasteiger partial charge in [0.2, 0.25) is 5.91 Å². The summed E-state index contributed by atoms with van der Waals surface area (Å²) in [6, 6.07) is 0. The minimum absolute atomic E-state index is 0. The van der Waals surface area contributed by atoms with Crippen LogP contribution in [0.5, 0.6) is 0 Å². The number of likely N-dealkylation sites (N-methyl/N-ethyl adjacent to an activating group) is 1. The summed E-state index contributed by atoms with van der Waals surface area (Å²) in [4.78, 5) is 22.1. The first-order chi connectivity index (χ1) is 3.70. The van der Waals surface area contributed by atoms with Crippen LogP contribution in [0.4, 0.5) is 0 Å². The van der Waals surface area contributed by atoms with Gasteiger partial charge in [-0.1, -0.05) is 0 Å². The monoisotopic (exact) mass is 201 g/mol. The fraction of sp³-hybridized carbons (Fsp3) is 0.400. The van der Waals surface area contributed by atoms with Crippen LogP contribution in [0.15, 0.2) is 0 Å². The van der Waals surface area contributed by atoms with Gasteiger partial charge in [-0.05, 0) is 7.05 Å². The van der Waals surface area contributed by atoms with Crippen LogP contribution < -0.4 is 0 Å². The molecule has 1 rings (SSSR count). The molecule has 0 aliphatic carbocycles. The Balaban J connectivity index is 0.000000640. The van der Waals surface area contributed by atoms with Crippen molar-refractivity contribution in [2.24, 2.45) is 0 Å². The Hall–Kier alpha value is 0.114. The number of hydrogen-bond donors (Lipinski definition) is 0. The Morgan fingerprint density at radius 3 is 2.22 bits per heavy atom. The zero-order valence-corrected chi connectivity index (χ0v) is 7.96. The maximum absolute atomic E-state index is 10.5. The molecule has 0 N–H and O–H groups in total. The molecule has 47 valence electrons. The van der Waals surface area contributed by atoms with Crippen LogP contribution in [0.25, 0.3) is 0 Å². The minimum Gasteiger partial charge on any atom is -0.473 e. The summed E-state index contributed by atoms with van der Waals surface area (Å²) in [5.41, 5.74) is 0. The van der Waals surface area contributed by atoms with E-state index in [1.54, 1.807) is 7.05 Å². The molecule has 1 fully saturated rings. The van der Waals surface area contributed by atoms with Crippen molar-refractivity contribution < 1.29 is 42.3 Å². The van der Waals surface area contributed by atoms with Crippen LogP contribution in [-0.4, -0.2) is 23.6 Å². The smallest absolute Gasteiger partial charge is 0.201 e. The third-order valence-corrected chi connectivity index (χ3v) is 1.06. The SMILES string of the molecule is CN1[CH-]C(=O)CC1=O.[Y]. The average Bonchev–Trinajstić information content (AvgIpc) is 1.85. The van der Waals surface area contributed by atoms with Crippen LogP contribution in [-0.2, 0) is 42.3 Å². The Labute approximate surface area is 78.7 Å². The third kappa shape index (κ3) is 2.07. The Bertz CT molecular complexity index is 146. The molecule has 0 spiro atoms. The van der Waals surface area contributed by atoms with E-state index in [9.17, 15) is 9.59 Å². The molecule has 1 aliphatic heterocycles. The van der Waals surface area contributed by atoms with Crippen molar-refractivity contribution in [1.29, 1.82) is 0 Å². The molecular formula is C5H6NO2Y-. The second-order valence-electron chi connectivity index (χ2n) is 1.78. The number of hydrogen-bond acceptors (Lipinski definition) is 2. The van der Waals surface area contributed by atoms with Gasteiger partial charge in [0.15, 0.2) is 0 Å². The number of carbonyl (C=O) groups excluding carboxylic acids is 2. The average molecular weight is 201 g/mol. The molecular weight excluding hydrogens is 195 g/mol. The fourth-order valence-corrected chi connectivity index (χ4v) is 0.607. The molecule has 1 heterocycles. The molecule has 1 amide bonds. The van der Waals surface area contributed by atoms with Gasteiger partial charge in [0.05, 0.1) is 6.42 Å². The summed E-state index contributed by atoms with van der Waals surface area (Å²) >= 11 is 0.